The number of carbonyl (C=O) groups excluding carboxylic acids is 1. The number of aryl methyl sites for hydroxylation is 4. The van der Waals surface area contributed by atoms with Crippen LogP contribution >= 0.6 is 0 Å². The smallest absolute Gasteiger partial charge is 0.251 e. The van der Waals surface area contributed by atoms with Crippen molar-refractivity contribution in [3.8, 4) is 0 Å². The third kappa shape index (κ3) is 4.00. The van der Waals surface area contributed by atoms with Crippen molar-refractivity contribution in [3.05, 3.63) is 58.4 Å². The minimum atomic E-state index is 0.00692. The Morgan fingerprint density at radius 3 is 2.42 bits per heavy atom. The standard InChI is InChI=1S/C21H29N3O2/c1-15-12-16(2)20(17(3)13-15)21(25)22-14-19(18-6-5-7-23(18)4)24-8-10-26-11-9-24/h5-7,12-13,19H,8-11,14H2,1-4H3,(H,22,25)/t19-/m0/s1. The van der Waals surface area contributed by atoms with Gasteiger partial charge in [0.25, 0.3) is 5.91 Å². The number of hydrogen-bond donors (Lipinski definition) is 1. The van der Waals surface area contributed by atoms with Gasteiger partial charge in [0, 0.05) is 44.1 Å². The third-order valence-electron chi connectivity index (χ3n) is 5.17. The Labute approximate surface area is 156 Å². The lowest BCUT2D eigenvalue weighted by Gasteiger charge is -2.35. The Morgan fingerprint density at radius 2 is 1.85 bits per heavy atom. The number of morpholine rings is 1. The van der Waals surface area contributed by atoms with Gasteiger partial charge >= 0.3 is 0 Å². The number of nitrogens with one attached hydrogen (secondary N) is 1. The molecule has 0 saturated carbocycles. The lowest BCUT2D eigenvalue weighted by atomic mass is 9.99. The molecule has 2 heterocycles. The summed E-state index contributed by atoms with van der Waals surface area (Å²) in [6.07, 6.45) is 2.05. The van der Waals surface area contributed by atoms with E-state index in [9.17, 15) is 4.79 Å². The van der Waals surface area contributed by atoms with Gasteiger partial charge in [-0.25, -0.2) is 0 Å². The van der Waals surface area contributed by atoms with Crippen LogP contribution in [0, 0.1) is 20.8 Å². The number of rotatable bonds is 5. The van der Waals surface area contributed by atoms with Crippen molar-refractivity contribution in [2.75, 3.05) is 32.8 Å². The fourth-order valence-corrected chi connectivity index (χ4v) is 3.95. The predicted molar refractivity (Wildman–Crippen MR) is 104 cm³/mol. The highest BCUT2D eigenvalue weighted by atomic mass is 16.5. The Hall–Kier alpha value is -2.11. The summed E-state index contributed by atoms with van der Waals surface area (Å²) in [5, 5.41) is 3.18. The van der Waals surface area contributed by atoms with Gasteiger partial charge < -0.3 is 14.6 Å². The molecule has 1 N–H and O–H groups in total. The molecule has 0 unspecified atom stereocenters. The van der Waals surface area contributed by atoms with Gasteiger partial charge in [0.2, 0.25) is 0 Å². The summed E-state index contributed by atoms with van der Waals surface area (Å²) in [5.74, 6) is 0.00692. The van der Waals surface area contributed by atoms with Crippen LogP contribution in [-0.2, 0) is 11.8 Å². The molecule has 5 heteroatoms. The summed E-state index contributed by atoms with van der Waals surface area (Å²) in [7, 11) is 2.05. The van der Waals surface area contributed by atoms with Crippen LogP contribution in [-0.4, -0.2) is 48.2 Å². The number of ether oxygens (including phenoxy) is 1. The summed E-state index contributed by atoms with van der Waals surface area (Å²) >= 11 is 0. The number of aromatic nitrogens is 1. The molecule has 1 aliphatic heterocycles. The molecular formula is C21H29N3O2. The van der Waals surface area contributed by atoms with E-state index in [4.69, 9.17) is 4.74 Å². The molecule has 1 fully saturated rings. The lowest BCUT2D eigenvalue weighted by molar-refractivity contribution is 0.0148. The van der Waals surface area contributed by atoms with Crippen molar-refractivity contribution in [2.45, 2.75) is 26.8 Å². The van der Waals surface area contributed by atoms with Gasteiger partial charge in [-0.2, -0.15) is 0 Å². The lowest BCUT2D eigenvalue weighted by Crippen LogP contribution is -2.44. The molecule has 0 radical (unpaired) electrons. The number of carbonyl (C=O) groups is 1. The van der Waals surface area contributed by atoms with Crippen molar-refractivity contribution in [3.63, 3.8) is 0 Å². The van der Waals surface area contributed by atoms with Crippen molar-refractivity contribution in [1.82, 2.24) is 14.8 Å². The van der Waals surface area contributed by atoms with E-state index in [1.165, 1.54) is 11.3 Å². The number of nitrogens with zero attached hydrogens (tertiary/aromatic N) is 2. The zero-order chi connectivity index (χ0) is 18.7. The zero-order valence-electron chi connectivity index (χ0n) is 16.2. The summed E-state index contributed by atoms with van der Waals surface area (Å²) in [5.41, 5.74) is 5.25. The average Bonchev–Trinajstić information content (AvgIpc) is 3.01. The molecule has 0 aliphatic carbocycles. The highest BCUT2D eigenvalue weighted by Gasteiger charge is 2.25. The molecule has 1 aromatic carbocycles. The van der Waals surface area contributed by atoms with Gasteiger partial charge in [-0.3, -0.25) is 9.69 Å². The molecule has 0 spiro atoms. The summed E-state index contributed by atoms with van der Waals surface area (Å²) in [4.78, 5) is 15.3. The molecule has 1 saturated heterocycles. The van der Waals surface area contributed by atoms with E-state index in [0.29, 0.717) is 6.54 Å². The molecule has 3 rings (SSSR count). The minimum Gasteiger partial charge on any atom is -0.379 e. The average molecular weight is 355 g/mol. The molecule has 5 nitrogen and oxygen atoms in total. The van der Waals surface area contributed by atoms with Gasteiger partial charge in [0.1, 0.15) is 0 Å². The SMILES string of the molecule is Cc1cc(C)c(C(=O)NC[C@@H](c2cccn2C)N2CCOCC2)c(C)c1. The van der Waals surface area contributed by atoms with Crippen LogP contribution in [0.25, 0.3) is 0 Å². The molecule has 0 bridgehead atoms. The van der Waals surface area contributed by atoms with E-state index < -0.39 is 0 Å². The van der Waals surface area contributed by atoms with Gasteiger partial charge in [-0.15, -0.1) is 0 Å². The Kier molecular flexibility index (Phi) is 5.79. The van der Waals surface area contributed by atoms with Crippen molar-refractivity contribution in [1.29, 1.82) is 0 Å². The first-order valence-corrected chi connectivity index (χ1v) is 9.26. The topological polar surface area (TPSA) is 46.5 Å². The second-order valence-corrected chi connectivity index (χ2v) is 7.19. The van der Waals surface area contributed by atoms with Gasteiger partial charge in [0.05, 0.1) is 19.3 Å². The van der Waals surface area contributed by atoms with Crippen LogP contribution in [0.3, 0.4) is 0 Å². The van der Waals surface area contributed by atoms with Crippen LogP contribution in [0.5, 0.6) is 0 Å². The number of benzene rings is 1. The fourth-order valence-electron chi connectivity index (χ4n) is 3.95. The predicted octanol–water partition coefficient (Wildman–Crippen LogP) is 2.75. The Morgan fingerprint density at radius 1 is 1.19 bits per heavy atom. The highest BCUT2D eigenvalue weighted by molar-refractivity contribution is 5.97. The summed E-state index contributed by atoms with van der Waals surface area (Å²) < 4.78 is 7.63. The molecular weight excluding hydrogens is 326 g/mol. The first kappa shape index (κ1) is 18.7. The second kappa shape index (κ2) is 8.06. The van der Waals surface area contributed by atoms with Crippen molar-refractivity contribution in [2.24, 2.45) is 7.05 Å². The van der Waals surface area contributed by atoms with Crippen LogP contribution < -0.4 is 5.32 Å². The maximum Gasteiger partial charge on any atom is 0.251 e. The van der Waals surface area contributed by atoms with Crippen LogP contribution in [0.2, 0.25) is 0 Å². The van der Waals surface area contributed by atoms with E-state index in [1.54, 1.807) is 0 Å². The van der Waals surface area contributed by atoms with E-state index >= 15 is 0 Å². The van der Waals surface area contributed by atoms with Crippen LogP contribution in [0.4, 0.5) is 0 Å². The molecule has 1 aromatic heterocycles. The molecule has 2 aromatic rings. The quantitative estimate of drug-likeness (QED) is 0.897. The normalized spacial score (nSPS) is 16.5. The van der Waals surface area contributed by atoms with E-state index in [0.717, 1.165) is 43.0 Å². The first-order chi connectivity index (χ1) is 12.5. The van der Waals surface area contributed by atoms with Gasteiger partial charge in [-0.05, 0) is 44.0 Å². The van der Waals surface area contributed by atoms with Gasteiger partial charge in [0.15, 0.2) is 0 Å². The summed E-state index contributed by atoms with van der Waals surface area (Å²) in [6.45, 7) is 9.91. The minimum absolute atomic E-state index is 0.00692. The third-order valence-corrected chi connectivity index (χ3v) is 5.17. The molecule has 1 atom stereocenters. The monoisotopic (exact) mass is 355 g/mol. The van der Waals surface area contributed by atoms with Crippen molar-refractivity contribution < 1.29 is 9.53 Å². The van der Waals surface area contributed by atoms with Crippen LogP contribution in [0.1, 0.15) is 38.8 Å². The molecule has 140 valence electrons. The zero-order valence-corrected chi connectivity index (χ0v) is 16.2. The van der Waals surface area contributed by atoms with Gasteiger partial charge in [-0.1, -0.05) is 17.7 Å². The largest absolute Gasteiger partial charge is 0.379 e. The van der Waals surface area contributed by atoms with Crippen molar-refractivity contribution >= 4 is 5.91 Å². The molecule has 26 heavy (non-hydrogen) atoms. The first-order valence-electron chi connectivity index (χ1n) is 9.26. The maximum atomic E-state index is 12.9. The van der Waals surface area contributed by atoms with Crippen LogP contribution in [0.15, 0.2) is 30.5 Å². The maximum absolute atomic E-state index is 12.9. The summed E-state index contributed by atoms with van der Waals surface area (Å²) in [6, 6.07) is 8.47. The Balaban J connectivity index is 1.77. The number of amides is 1. The molecule has 1 aliphatic rings. The van der Waals surface area contributed by atoms with E-state index in [-0.39, 0.29) is 11.9 Å². The molecule has 1 amide bonds. The number of hydrogen-bond acceptors (Lipinski definition) is 3. The fraction of sp³-hybridized carbons (Fsp3) is 0.476. The highest BCUT2D eigenvalue weighted by Crippen LogP contribution is 2.22. The Bertz CT molecular complexity index is 752. The van der Waals surface area contributed by atoms with E-state index in [2.05, 4.69) is 59.2 Å². The van der Waals surface area contributed by atoms with E-state index in [1.807, 2.05) is 13.8 Å². The second-order valence-electron chi connectivity index (χ2n) is 7.19.